The maximum atomic E-state index is 12.9. The van der Waals surface area contributed by atoms with Gasteiger partial charge in [0.1, 0.15) is 16.4 Å². The maximum Gasteiger partial charge on any atom is 0.279 e. The minimum atomic E-state index is -3.90. The van der Waals surface area contributed by atoms with E-state index in [1.165, 1.54) is 12.3 Å². The van der Waals surface area contributed by atoms with Gasteiger partial charge in [0.15, 0.2) is 0 Å². The van der Waals surface area contributed by atoms with E-state index in [4.69, 9.17) is 11.5 Å². The lowest BCUT2D eigenvalue weighted by Gasteiger charge is -2.26. The molecule has 1 amide bonds. The van der Waals surface area contributed by atoms with Crippen LogP contribution in [0.4, 0.5) is 5.69 Å². The van der Waals surface area contributed by atoms with Gasteiger partial charge in [-0.1, -0.05) is 6.58 Å². The quantitative estimate of drug-likeness (QED) is 0.431. The van der Waals surface area contributed by atoms with E-state index in [0.29, 0.717) is 17.6 Å². The molecule has 1 saturated carbocycles. The minimum Gasteiger partial charge on any atom is -0.393 e. The summed E-state index contributed by atoms with van der Waals surface area (Å²) in [7, 11) is -3.90. The molecule has 0 saturated heterocycles. The number of amides is 1. The van der Waals surface area contributed by atoms with Crippen molar-refractivity contribution in [1.82, 2.24) is 14.6 Å². The van der Waals surface area contributed by atoms with E-state index in [0.717, 1.165) is 17.4 Å². The van der Waals surface area contributed by atoms with Crippen LogP contribution in [-0.2, 0) is 14.8 Å². The third-order valence-electron chi connectivity index (χ3n) is 4.63. The Morgan fingerprint density at radius 1 is 1.39 bits per heavy atom. The number of dihydropyridines is 1. The number of carbonyl (C=O) groups excluding carboxylic acids is 1. The molecule has 1 aromatic heterocycles. The summed E-state index contributed by atoms with van der Waals surface area (Å²) in [5, 5.41) is 2.53. The topological polar surface area (TPSA) is 162 Å². The van der Waals surface area contributed by atoms with Gasteiger partial charge in [0.25, 0.3) is 5.56 Å². The fourth-order valence-electron chi connectivity index (χ4n) is 2.95. The number of nitrogens with zero attached hydrogens (tertiary/aromatic N) is 2. The number of hydrogen-bond donors (Lipinski definition) is 4. The number of anilines is 1. The summed E-state index contributed by atoms with van der Waals surface area (Å²) < 4.78 is 28.5. The molecule has 0 spiro atoms. The Bertz CT molecular complexity index is 1070. The molecule has 2 aliphatic rings. The van der Waals surface area contributed by atoms with Crippen molar-refractivity contribution in [3.05, 3.63) is 40.3 Å². The van der Waals surface area contributed by atoms with Gasteiger partial charge in [-0.25, -0.2) is 13.1 Å². The van der Waals surface area contributed by atoms with Gasteiger partial charge in [-0.15, -0.1) is 0 Å². The maximum absolute atomic E-state index is 12.9. The molecule has 28 heavy (non-hydrogen) atoms. The summed E-state index contributed by atoms with van der Waals surface area (Å²) in [6, 6.07) is 0.789. The second-order valence-electron chi connectivity index (χ2n) is 6.71. The van der Waals surface area contributed by atoms with E-state index in [1.54, 1.807) is 6.92 Å². The first kappa shape index (κ1) is 19.8. The van der Waals surface area contributed by atoms with Crippen molar-refractivity contribution in [3.8, 4) is 0 Å². The summed E-state index contributed by atoms with van der Waals surface area (Å²) in [4.78, 5) is 27.6. The van der Waals surface area contributed by atoms with E-state index in [-0.39, 0.29) is 35.1 Å². The minimum absolute atomic E-state index is 0.0656. The van der Waals surface area contributed by atoms with E-state index < -0.39 is 21.3 Å². The number of rotatable bonds is 7. The van der Waals surface area contributed by atoms with Gasteiger partial charge in [-0.05, 0) is 31.4 Å². The summed E-state index contributed by atoms with van der Waals surface area (Å²) in [5.74, 6) is 0.0656. The molecule has 0 radical (unpaired) electrons. The summed E-state index contributed by atoms with van der Waals surface area (Å²) >= 11 is 0. The number of nitrogens with one attached hydrogen (secondary N) is 2. The van der Waals surface area contributed by atoms with Gasteiger partial charge in [0.2, 0.25) is 16.4 Å². The first-order valence-electron chi connectivity index (χ1n) is 8.64. The lowest BCUT2D eigenvalue weighted by atomic mass is 9.96. The molecule has 0 bridgehead atoms. The first-order chi connectivity index (χ1) is 13.2. The van der Waals surface area contributed by atoms with Crippen molar-refractivity contribution < 1.29 is 13.2 Å². The number of pyridine rings is 1. The van der Waals surface area contributed by atoms with E-state index in [2.05, 4.69) is 21.6 Å². The molecule has 1 aromatic rings. The molecule has 150 valence electrons. The molecular formula is C17H22N6O4S. The van der Waals surface area contributed by atoms with Crippen LogP contribution in [0.15, 0.2) is 44.7 Å². The molecule has 3 rings (SSSR count). The molecule has 6 N–H and O–H groups in total. The highest BCUT2D eigenvalue weighted by Crippen LogP contribution is 2.27. The van der Waals surface area contributed by atoms with E-state index in [9.17, 15) is 18.0 Å². The molecule has 1 fully saturated rings. The zero-order chi connectivity index (χ0) is 20.6. The second-order valence-corrected chi connectivity index (χ2v) is 8.39. The molecule has 1 atom stereocenters. The number of aliphatic imine (C=N–C) groups is 1. The highest BCUT2D eigenvalue weighted by atomic mass is 32.2. The summed E-state index contributed by atoms with van der Waals surface area (Å²) in [5.41, 5.74) is 12.1. The Labute approximate surface area is 162 Å². The van der Waals surface area contributed by atoms with Crippen LogP contribution in [0.1, 0.15) is 19.8 Å². The van der Waals surface area contributed by atoms with Gasteiger partial charge >= 0.3 is 0 Å². The van der Waals surface area contributed by atoms with Crippen molar-refractivity contribution in [2.24, 2.45) is 10.7 Å². The Balaban J connectivity index is 2.14. The number of nitrogens with two attached hydrogens (primary N) is 2. The number of carbonyl (C=O) groups is 1. The molecule has 0 aromatic carbocycles. The van der Waals surface area contributed by atoms with Crippen LogP contribution >= 0.6 is 0 Å². The SMILES string of the molecule is C=C1C(CNC=O)=C(n2ccc(S(=O)(=O)NC3CC3)c(N)c2=O)C(N)=NC1C. The van der Waals surface area contributed by atoms with Gasteiger partial charge < -0.3 is 16.8 Å². The van der Waals surface area contributed by atoms with Crippen LogP contribution in [0.25, 0.3) is 5.70 Å². The van der Waals surface area contributed by atoms with Crippen molar-refractivity contribution in [2.45, 2.75) is 36.7 Å². The number of sulfonamides is 1. The average molecular weight is 406 g/mol. The molecular weight excluding hydrogens is 384 g/mol. The predicted octanol–water partition coefficient (Wildman–Crippen LogP) is -0.856. The number of hydrogen-bond acceptors (Lipinski definition) is 7. The highest BCUT2D eigenvalue weighted by Gasteiger charge is 2.31. The van der Waals surface area contributed by atoms with Gasteiger partial charge in [-0.3, -0.25) is 19.1 Å². The zero-order valence-corrected chi connectivity index (χ0v) is 16.1. The predicted molar refractivity (Wildman–Crippen MR) is 106 cm³/mol. The summed E-state index contributed by atoms with van der Waals surface area (Å²) in [6.07, 6.45) is 3.30. The molecule has 10 nitrogen and oxygen atoms in total. The zero-order valence-electron chi connectivity index (χ0n) is 15.3. The van der Waals surface area contributed by atoms with Crippen molar-refractivity contribution >= 4 is 33.7 Å². The highest BCUT2D eigenvalue weighted by molar-refractivity contribution is 7.89. The largest absolute Gasteiger partial charge is 0.393 e. The first-order valence-corrected chi connectivity index (χ1v) is 10.1. The van der Waals surface area contributed by atoms with Crippen LogP contribution in [-0.4, -0.2) is 43.9 Å². The van der Waals surface area contributed by atoms with Gasteiger partial charge in [0, 0.05) is 24.4 Å². The van der Waals surface area contributed by atoms with E-state index >= 15 is 0 Å². The second kappa shape index (κ2) is 7.24. The van der Waals surface area contributed by atoms with Crippen LogP contribution in [0.3, 0.4) is 0 Å². The Morgan fingerprint density at radius 3 is 2.68 bits per heavy atom. The number of nitrogen functional groups attached to an aromatic ring is 1. The third-order valence-corrected chi connectivity index (χ3v) is 6.21. The Hall–Kier alpha value is -2.92. The lowest BCUT2D eigenvalue weighted by Crippen LogP contribution is -2.37. The molecule has 1 aliphatic heterocycles. The third kappa shape index (κ3) is 3.58. The number of amidine groups is 1. The van der Waals surface area contributed by atoms with Crippen molar-refractivity contribution in [2.75, 3.05) is 12.3 Å². The normalized spacial score (nSPS) is 20.1. The van der Waals surface area contributed by atoms with Crippen molar-refractivity contribution in [3.63, 3.8) is 0 Å². The standard InChI is InChI=1S/C17H22N6O4S/c1-9-10(2)21-16(19)15(12(9)7-20-8-24)23-6-5-13(14(18)17(23)25)28(26,27)22-11-3-4-11/h5-6,8,10-11,22H,1,3-4,7,18H2,2H3,(H2,19,21)(H,20,24). The lowest BCUT2D eigenvalue weighted by molar-refractivity contribution is -0.109. The smallest absolute Gasteiger partial charge is 0.279 e. The molecule has 2 heterocycles. The van der Waals surface area contributed by atoms with Crippen LogP contribution in [0.2, 0.25) is 0 Å². The molecule has 1 aliphatic carbocycles. The fourth-order valence-corrected chi connectivity index (χ4v) is 4.36. The summed E-state index contributed by atoms with van der Waals surface area (Å²) in [6.45, 7) is 5.82. The fraction of sp³-hybridized carbons (Fsp3) is 0.353. The van der Waals surface area contributed by atoms with Crippen LogP contribution in [0.5, 0.6) is 0 Å². The van der Waals surface area contributed by atoms with Crippen LogP contribution in [0, 0.1) is 0 Å². The average Bonchev–Trinajstić information content (AvgIpc) is 3.42. The van der Waals surface area contributed by atoms with Gasteiger partial charge in [-0.2, -0.15) is 0 Å². The molecule has 1 unspecified atom stereocenters. The number of aromatic nitrogens is 1. The van der Waals surface area contributed by atoms with Crippen molar-refractivity contribution in [1.29, 1.82) is 0 Å². The Kier molecular flexibility index (Phi) is 5.13. The monoisotopic (exact) mass is 406 g/mol. The molecule has 11 heteroatoms. The van der Waals surface area contributed by atoms with Gasteiger partial charge in [0.05, 0.1) is 11.7 Å². The van der Waals surface area contributed by atoms with E-state index in [1.807, 2.05) is 0 Å². The van der Waals surface area contributed by atoms with Crippen LogP contribution < -0.4 is 27.1 Å². The Morgan fingerprint density at radius 2 is 2.07 bits per heavy atom.